The van der Waals surface area contributed by atoms with Gasteiger partial charge in [0.1, 0.15) is 4.88 Å². The number of carbonyl (C=O) groups is 2. The molecule has 0 N–H and O–H groups in total. The molecule has 0 unspecified atom stereocenters. The van der Waals surface area contributed by atoms with E-state index < -0.39 is 5.97 Å². The molecule has 0 bridgehead atoms. The molecule has 0 aliphatic carbocycles. The minimum atomic E-state index is -0.392. The highest BCUT2D eigenvalue weighted by Gasteiger charge is 2.25. The fourth-order valence-corrected chi connectivity index (χ4v) is 3.85. The monoisotopic (exact) mass is 329 g/mol. The highest BCUT2D eigenvalue weighted by molar-refractivity contribution is 7.15. The van der Waals surface area contributed by atoms with Gasteiger partial charge in [-0.25, -0.2) is 4.79 Å². The molecule has 3 rings (SSSR count). The predicted octanol–water partition coefficient (Wildman–Crippen LogP) is 3.55. The van der Waals surface area contributed by atoms with Gasteiger partial charge in [-0.05, 0) is 36.5 Å². The Kier molecular flexibility index (Phi) is 4.76. The van der Waals surface area contributed by atoms with Gasteiger partial charge in [-0.1, -0.05) is 30.3 Å². The lowest BCUT2D eigenvalue weighted by Gasteiger charge is -2.32. The Morgan fingerprint density at radius 1 is 1.04 bits per heavy atom. The molecule has 1 amide bonds. The fraction of sp³-hybridized carbons (Fsp3) is 0.333. The van der Waals surface area contributed by atoms with Gasteiger partial charge in [-0.15, -0.1) is 11.3 Å². The molecule has 23 heavy (non-hydrogen) atoms. The summed E-state index contributed by atoms with van der Waals surface area (Å²) in [5, 5.41) is 0. The number of amides is 1. The Labute approximate surface area is 139 Å². The second-order valence-electron chi connectivity index (χ2n) is 5.63. The summed E-state index contributed by atoms with van der Waals surface area (Å²) < 4.78 is 4.68. The van der Waals surface area contributed by atoms with Gasteiger partial charge < -0.3 is 9.64 Å². The van der Waals surface area contributed by atoms with Crippen molar-refractivity contribution in [3.63, 3.8) is 0 Å². The lowest BCUT2D eigenvalue weighted by molar-refractivity contribution is 0.0606. The summed E-state index contributed by atoms with van der Waals surface area (Å²) in [4.78, 5) is 27.0. The number of hydrogen-bond acceptors (Lipinski definition) is 4. The van der Waals surface area contributed by atoms with Crippen LogP contribution < -0.4 is 0 Å². The van der Waals surface area contributed by atoms with Crippen LogP contribution >= 0.6 is 11.3 Å². The Morgan fingerprint density at radius 2 is 1.70 bits per heavy atom. The highest BCUT2D eigenvalue weighted by Crippen LogP contribution is 2.29. The number of carbonyl (C=O) groups excluding carboxylic acids is 2. The maximum Gasteiger partial charge on any atom is 0.348 e. The quantitative estimate of drug-likeness (QED) is 0.809. The van der Waals surface area contributed by atoms with Crippen molar-refractivity contribution >= 4 is 23.2 Å². The molecule has 1 aromatic carbocycles. The molecule has 4 nitrogen and oxygen atoms in total. The molecule has 1 fully saturated rings. The van der Waals surface area contributed by atoms with E-state index in [1.165, 1.54) is 24.0 Å². The van der Waals surface area contributed by atoms with Gasteiger partial charge in [-0.2, -0.15) is 0 Å². The van der Waals surface area contributed by atoms with Gasteiger partial charge in [0.2, 0.25) is 0 Å². The summed E-state index contributed by atoms with van der Waals surface area (Å²) in [6.45, 7) is 1.51. The van der Waals surface area contributed by atoms with Crippen LogP contribution in [0.2, 0.25) is 0 Å². The summed E-state index contributed by atoms with van der Waals surface area (Å²) in [5.74, 6) is 0.141. The van der Waals surface area contributed by atoms with E-state index in [-0.39, 0.29) is 5.91 Å². The maximum absolute atomic E-state index is 12.6. The molecule has 0 radical (unpaired) electrons. The first-order chi connectivity index (χ1) is 11.2. The normalized spacial score (nSPS) is 15.4. The van der Waals surface area contributed by atoms with Crippen LogP contribution in [-0.4, -0.2) is 37.0 Å². The second-order valence-corrected chi connectivity index (χ2v) is 6.72. The summed E-state index contributed by atoms with van der Waals surface area (Å²) in [5.41, 5.74) is 1.35. The van der Waals surface area contributed by atoms with E-state index in [9.17, 15) is 9.59 Å². The summed E-state index contributed by atoms with van der Waals surface area (Å²) in [6, 6.07) is 13.8. The Balaban J connectivity index is 1.62. The van der Waals surface area contributed by atoms with E-state index in [2.05, 4.69) is 29.0 Å². The number of likely N-dealkylation sites (tertiary alicyclic amines) is 1. The number of ether oxygens (including phenoxy) is 1. The van der Waals surface area contributed by atoms with Crippen molar-refractivity contribution in [2.24, 2.45) is 0 Å². The molecule has 2 heterocycles. The molecule has 1 aromatic heterocycles. The molecule has 0 spiro atoms. The number of nitrogens with zero attached hydrogens (tertiary/aromatic N) is 1. The van der Waals surface area contributed by atoms with E-state index >= 15 is 0 Å². The van der Waals surface area contributed by atoms with E-state index in [1.807, 2.05) is 11.0 Å². The SMILES string of the molecule is COC(=O)c1ccc(C(=O)N2CCC(c3ccccc3)CC2)s1. The van der Waals surface area contributed by atoms with E-state index in [0.717, 1.165) is 25.9 Å². The van der Waals surface area contributed by atoms with Crippen molar-refractivity contribution in [2.75, 3.05) is 20.2 Å². The van der Waals surface area contributed by atoms with Crippen LogP contribution in [0.4, 0.5) is 0 Å². The first kappa shape index (κ1) is 15.7. The first-order valence-corrected chi connectivity index (χ1v) is 8.53. The topological polar surface area (TPSA) is 46.6 Å². The lowest BCUT2D eigenvalue weighted by Crippen LogP contribution is -2.37. The Morgan fingerprint density at radius 3 is 2.35 bits per heavy atom. The van der Waals surface area contributed by atoms with Crippen molar-refractivity contribution in [1.82, 2.24) is 4.90 Å². The van der Waals surface area contributed by atoms with Gasteiger partial charge >= 0.3 is 5.97 Å². The van der Waals surface area contributed by atoms with E-state index in [4.69, 9.17) is 0 Å². The lowest BCUT2D eigenvalue weighted by atomic mass is 9.89. The van der Waals surface area contributed by atoms with Gasteiger partial charge in [0, 0.05) is 13.1 Å². The molecular formula is C18H19NO3S. The zero-order chi connectivity index (χ0) is 16.2. The van der Waals surface area contributed by atoms with Gasteiger partial charge in [0.15, 0.2) is 0 Å². The van der Waals surface area contributed by atoms with Gasteiger partial charge in [0.25, 0.3) is 5.91 Å². The summed E-state index contributed by atoms with van der Waals surface area (Å²) in [7, 11) is 1.35. The molecule has 1 aliphatic heterocycles. The fourth-order valence-electron chi connectivity index (χ4n) is 2.96. The molecule has 2 aromatic rings. The predicted molar refractivity (Wildman–Crippen MR) is 90.0 cm³/mol. The summed E-state index contributed by atoms with van der Waals surface area (Å²) in [6.07, 6.45) is 1.95. The smallest absolute Gasteiger partial charge is 0.348 e. The average Bonchev–Trinajstić information content (AvgIpc) is 3.11. The minimum absolute atomic E-state index is 0.0108. The van der Waals surface area contributed by atoms with Crippen LogP contribution in [0.25, 0.3) is 0 Å². The van der Waals surface area contributed by atoms with Crippen molar-refractivity contribution in [2.45, 2.75) is 18.8 Å². The molecule has 1 aliphatic rings. The number of rotatable bonds is 3. The molecule has 1 saturated heterocycles. The standard InChI is InChI=1S/C18H19NO3S/c1-22-18(21)16-8-7-15(23-16)17(20)19-11-9-14(10-12-19)13-5-3-2-4-6-13/h2-8,14H,9-12H2,1H3. The molecule has 0 atom stereocenters. The maximum atomic E-state index is 12.6. The number of piperidine rings is 1. The van der Waals surface area contributed by atoms with Crippen molar-refractivity contribution < 1.29 is 14.3 Å². The first-order valence-electron chi connectivity index (χ1n) is 7.71. The second kappa shape index (κ2) is 6.96. The zero-order valence-electron chi connectivity index (χ0n) is 13.0. The molecule has 0 saturated carbocycles. The summed E-state index contributed by atoms with van der Waals surface area (Å²) >= 11 is 1.20. The molecule has 120 valence electrons. The van der Waals surface area contributed by atoms with Crippen LogP contribution in [0.5, 0.6) is 0 Å². The van der Waals surface area contributed by atoms with Crippen LogP contribution in [-0.2, 0) is 4.74 Å². The zero-order valence-corrected chi connectivity index (χ0v) is 13.8. The number of hydrogen-bond donors (Lipinski definition) is 0. The van der Waals surface area contributed by atoms with Crippen molar-refractivity contribution in [1.29, 1.82) is 0 Å². The van der Waals surface area contributed by atoms with E-state index in [0.29, 0.717) is 15.7 Å². The third-order valence-electron chi connectivity index (χ3n) is 4.26. The van der Waals surface area contributed by atoms with Crippen LogP contribution in [0.15, 0.2) is 42.5 Å². The van der Waals surface area contributed by atoms with E-state index in [1.54, 1.807) is 12.1 Å². The third kappa shape index (κ3) is 3.45. The Bertz CT molecular complexity index is 687. The van der Waals surface area contributed by atoms with Gasteiger partial charge in [0.05, 0.1) is 12.0 Å². The number of esters is 1. The van der Waals surface area contributed by atoms with Crippen molar-refractivity contribution in [3.05, 3.63) is 57.8 Å². The van der Waals surface area contributed by atoms with Crippen LogP contribution in [0.3, 0.4) is 0 Å². The number of methoxy groups -OCH3 is 1. The molecule has 5 heteroatoms. The van der Waals surface area contributed by atoms with Crippen LogP contribution in [0, 0.1) is 0 Å². The third-order valence-corrected chi connectivity index (χ3v) is 5.31. The van der Waals surface area contributed by atoms with Crippen LogP contribution in [0.1, 0.15) is 43.7 Å². The average molecular weight is 329 g/mol. The van der Waals surface area contributed by atoms with Crippen molar-refractivity contribution in [3.8, 4) is 0 Å². The minimum Gasteiger partial charge on any atom is -0.465 e. The van der Waals surface area contributed by atoms with Gasteiger partial charge in [-0.3, -0.25) is 4.79 Å². The largest absolute Gasteiger partial charge is 0.465 e. The number of benzene rings is 1. The molecular weight excluding hydrogens is 310 g/mol. The number of thiophene rings is 1. The highest BCUT2D eigenvalue weighted by atomic mass is 32.1. The Hall–Kier alpha value is -2.14.